The van der Waals surface area contributed by atoms with Crippen molar-refractivity contribution in [2.24, 2.45) is 0 Å². The Morgan fingerprint density at radius 2 is 1.54 bits per heavy atom. The zero-order chi connectivity index (χ0) is 19.7. The van der Waals surface area contributed by atoms with E-state index in [1.54, 1.807) is 12.1 Å². The average molecular weight is 414 g/mol. The van der Waals surface area contributed by atoms with Gasteiger partial charge in [-0.25, -0.2) is 0 Å². The van der Waals surface area contributed by atoms with Gasteiger partial charge in [0.1, 0.15) is 16.4 Å². The van der Waals surface area contributed by atoms with Crippen LogP contribution in [0.3, 0.4) is 0 Å². The molecule has 0 unspecified atom stereocenters. The van der Waals surface area contributed by atoms with E-state index in [4.69, 9.17) is 4.74 Å². The number of rotatable bonds is 11. The molecule has 5 nitrogen and oxygen atoms in total. The Hall–Kier alpha value is -1.05. The molecule has 0 amide bonds. The maximum absolute atomic E-state index is 11.7. The molecule has 2 aromatic rings. The second-order valence-corrected chi connectivity index (χ2v) is 8.03. The molecule has 0 radical (unpaired) electrons. The van der Waals surface area contributed by atoms with Gasteiger partial charge < -0.3 is 9.84 Å². The van der Waals surface area contributed by atoms with Gasteiger partial charge in [0.25, 0.3) is 10.1 Å². The van der Waals surface area contributed by atoms with Crippen molar-refractivity contribution in [3.05, 3.63) is 48.0 Å². The zero-order valence-corrected chi connectivity index (χ0v) is 19.5. The first kappa shape index (κ1) is 25.0. The summed E-state index contributed by atoms with van der Waals surface area (Å²) < 4.78 is 37.6. The van der Waals surface area contributed by atoms with Gasteiger partial charge in [-0.1, -0.05) is 75.5 Å². The minimum atomic E-state index is -4.65. The Kier molecular flexibility index (Phi) is 11.2. The quantitative estimate of drug-likeness (QED) is 0.346. The van der Waals surface area contributed by atoms with Crippen LogP contribution >= 0.6 is 0 Å². The van der Waals surface area contributed by atoms with Crippen molar-refractivity contribution >= 4 is 10.1 Å². The summed E-state index contributed by atoms with van der Waals surface area (Å²) in [5.41, 5.74) is 1.18. The molecule has 0 bridgehead atoms. The standard InChI is InChI=1S/C21H28O5S.Na/c1-2-3-4-5-6-7-8-10-17-13-15-18(16-14-17)26-20-12-9-11-19(22)21(20)27(23,24)25;/h9,11-16,22H,2-8,10H2,1H3,(H,23,24,25);/q;+1/p-1. The predicted octanol–water partition coefficient (Wildman–Crippen LogP) is 2.10. The van der Waals surface area contributed by atoms with Crippen molar-refractivity contribution in [3.8, 4) is 17.2 Å². The fourth-order valence-electron chi connectivity index (χ4n) is 2.97. The van der Waals surface area contributed by atoms with Crippen LogP contribution in [0.25, 0.3) is 0 Å². The number of aryl methyl sites for hydroxylation is 1. The summed E-state index contributed by atoms with van der Waals surface area (Å²) in [6, 6.07) is 11.1. The van der Waals surface area contributed by atoms with Crippen molar-refractivity contribution in [3.63, 3.8) is 0 Å². The molecule has 7 heteroatoms. The molecule has 0 aromatic heterocycles. The first-order chi connectivity index (χ1) is 12.9. The monoisotopic (exact) mass is 414 g/mol. The van der Waals surface area contributed by atoms with Gasteiger partial charge in [0.15, 0.2) is 0 Å². The van der Waals surface area contributed by atoms with E-state index in [9.17, 15) is 18.1 Å². The van der Waals surface area contributed by atoms with Crippen LogP contribution in [0.1, 0.15) is 57.4 Å². The molecule has 28 heavy (non-hydrogen) atoms. The van der Waals surface area contributed by atoms with E-state index in [0.29, 0.717) is 5.75 Å². The molecule has 0 saturated heterocycles. The van der Waals surface area contributed by atoms with Gasteiger partial charge in [-0.2, -0.15) is 8.42 Å². The minimum Gasteiger partial charge on any atom is -0.871 e. The Balaban J connectivity index is 0.00000392. The van der Waals surface area contributed by atoms with Crippen LogP contribution in [0.15, 0.2) is 47.4 Å². The third-order valence-corrected chi connectivity index (χ3v) is 5.34. The smallest absolute Gasteiger partial charge is 0.871 e. The van der Waals surface area contributed by atoms with Crippen molar-refractivity contribution in [2.45, 2.75) is 63.2 Å². The van der Waals surface area contributed by atoms with Crippen LogP contribution < -0.4 is 39.4 Å². The number of hydrogen-bond acceptors (Lipinski definition) is 4. The molecule has 1 N–H and O–H groups in total. The summed E-state index contributed by atoms with van der Waals surface area (Å²) in [6.07, 6.45) is 9.81. The number of benzene rings is 2. The molecule has 0 saturated carbocycles. The second-order valence-electron chi connectivity index (χ2n) is 6.68. The summed E-state index contributed by atoms with van der Waals surface area (Å²) in [5.74, 6) is -0.566. The molecule has 0 heterocycles. The van der Waals surface area contributed by atoms with Crippen molar-refractivity contribution in [1.82, 2.24) is 0 Å². The zero-order valence-electron chi connectivity index (χ0n) is 16.7. The van der Waals surface area contributed by atoms with Crippen LogP contribution in [-0.2, 0) is 16.5 Å². The summed E-state index contributed by atoms with van der Waals surface area (Å²) in [7, 11) is -4.65. The third kappa shape index (κ3) is 8.13. The third-order valence-electron chi connectivity index (χ3n) is 4.42. The molecule has 0 aliphatic carbocycles. The van der Waals surface area contributed by atoms with Gasteiger partial charge in [-0.05, 0) is 36.6 Å². The molecular weight excluding hydrogens is 387 g/mol. The molecule has 2 rings (SSSR count). The van der Waals surface area contributed by atoms with Crippen LogP contribution in [0.2, 0.25) is 0 Å². The summed E-state index contributed by atoms with van der Waals surface area (Å²) in [6.45, 7) is 2.22. The van der Waals surface area contributed by atoms with Gasteiger partial charge in [-0.15, -0.1) is 0 Å². The van der Waals surface area contributed by atoms with E-state index in [-0.39, 0.29) is 35.3 Å². The molecule has 2 aromatic carbocycles. The van der Waals surface area contributed by atoms with Gasteiger partial charge in [-0.3, -0.25) is 4.55 Å². The van der Waals surface area contributed by atoms with Crippen molar-refractivity contribution < 1.29 is 52.4 Å². The summed E-state index contributed by atoms with van der Waals surface area (Å²) in [4.78, 5) is -0.739. The van der Waals surface area contributed by atoms with Crippen LogP contribution in [-0.4, -0.2) is 13.0 Å². The Morgan fingerprint density at radius 1 is 0.929 bits per heavy atom. The van der Waals surface area contributed by atoms with Crippen molar-refractivity contribution in [1.29, 1.82) is 0 Å². The summed E-state index contributed by atoms with van der Waals surface area (Å²) >= 11 is 0. The van der Waals surface area contributed by atoms with E-state index in [2.05, 4.69) is 6.92 Å². The molecule has 0 atom stereocenters. The molecule has 0 aliphatic heterocycles. The van der Waals surface area contributed by atoms with Gasteiger partial charge >= 0.3 is 29.6 Å². The maximum Gasteiger partial charge on any atom is 1.00 e. The Morgan fingerprint density at radius 3 is 2.14 bits per heavy atom. The minimum absolute atomic E-state index is 0. The van der Waals surface area contributed by atoms with E-state index in [0.717, 1.165) is 18.9 Å². The largest absolute Gasteiger partial charge is 1.00 e. The predicted molar refractivity (Wildman–Crippen MR) is 104 cm³/mol. The van der Waals surface area contributed by atoms with Gasteiger partial charge in [0.2, 0.25) is 0 Å². The first-order valence-electron chi connectivity index (χ1n) is 9.46. The van der Waals surface area contributed by atoms with Crippen LogP contribution in [0, 0.1) is 0 Å². The molecule has 0 fully saturated rings. The fraction of sp³-hybridized carbons (Fsp3) is 0.429. The number of unbranched alkanes of at least 4 members (excludes halogenated alkanes) is 6. The van der Waals surface area contributed by atoms with Crippen molar-refractivity contribution in [2.75, 3.05) is 0 Å². The number of hydrogen-bond donors (Lipinski definition) is 1. The van der Waals surface area contributed by atoms with Crippen LogP contribution in [0.4, 0.5) is 0 Å². The van der Waals surface area contributed by atoms with E-state index >= 15 is 0 Å². The van der Waals surface area contributed by atoms with Gasteiger partial charge in [0, 0.05) is 0 Å². The van der Waals surface area contributed by atoms with E-state index in [1.165, 1.54) is 56.2 Å². The molecule has 0 aliphatic rings. The average Bonchev–Trinajstić information content (AvgIpc) is 2.61. The Bertz CT molecular complexity index is 819. The summed E-state index contributed by atoms with van der Waals surface area (Å²) in [5, 5.41) is 11.7. The van der Waals surface area contributed by atoms with Crippen LogP contribution in [0.5, 0.6) is 17.2 Å². The molecular formula is C21H27NaO5S. The maximum atomic E-state index is 11.7. The molecule has 0 spiro atoms. The fourth-order valence-corrected chi connectivity index (χ4v) is 3.65. The SMILES string of the molecule is CCCCCCCCCc1ccc(Oc2cccc([O-])c2S(=O)(=O)O)cc1.[Na+]. The second kappa shape index (κ2) is 12.5. The van der Waals surface area contributed by atoms with E-state index in [1.807, 2.05) is 12.1 Å². The Labute approximate surface area is 190 Å². The molecule has 148 valence electrons. The number of ether oxygens (including phenoxy) is 1. The first-order valence-corrected chi connectivity index (χ1v) is 10.9. The van der Waals surface area contributed by atoms with Gasteiger partial charge in [0.05, 0.1) is 0 Å². The topological polar surface area (TPSA) is 86.7 Å². The van der Waals surface area contributed by atoms with E-state index < -0.39 is 20.8 Å². The normalized spacial score (nSPS) is 11.1.